The van der Waals surface area contributed by atoms with E-state index in [1.807, 2.05) is 31.2 Å². The molecule has 94 valence electrons. The van der Waals surface area contributed by atoms with Crippen LogP contribution in [0.5, 0.6) is 0 Å². The van der Waals surface area contributed by atoms with Gasteiger partial charge in [0, 0.05) is 27.4 Å². The Morgan fingerprint density at radius 1 is 1.22 bits per heavy atom. The minimum atomic E-state index is 0.599. The molecule has 2 rings (SSSR count). The molecule has 0 amide bonds. The highest BCUT2D eigenvalue weighted by Crippen LogP contribution is 2.25. The maximum Gasteiger partial charge on any atom is 0.224 e. The second-order valence-electron chi connectivity index (χ2n) is 3.72. The maximum absolute atomic E-state index is 5.92. The molecule has 0 aliphatic rings. The van der Waals surface area contributed by atoms with Gasteiger partial charge < -0.3 is 10.6 Å². The first-order valence-corrected chi connectivity index (χ1v) is 6.79. The van der Waals surface area contributed by atoms with Crippen LogP contribution in [-0.2, 0) is 0 Å². The molecule has 0 saturated carbocycles. The summed E-state index contributed by atoms with van der Waals surface area (Å²) < 4.78 is 1.04. The van der Waals surface area contributed by atoms with Crippen molar-refractivity contribution in [3.05, 3.63) is 38.6 Å². The Balaban J connectivity index is 2.30. The smallest absolute Gasteiger partial charge is 0.224 e. The highest BCUT2D eigenvalue weighted by Gasteiger charge is 2.04. The number of benzene rings is 1. The first-order chi connectivity index (χ1) is 8.58. The molecule has 0 aliphatic carbocycles. The van der Waals surface area contributed by atoms with Crippen molar-refractivity contribution in [2.24, 2.45) is 0 Å². The molecule has 18 heavy (non-hydrogen) atoms. The van der Waals surface area contributed by atoms with Gasteiger partial charge in [-0.25, -0.2) is 4.98 Å². The number of halogens is 2. The number of hydrogen-bond acceptors (Lipinski definition) is 4. The Morgan fingerprint density at radius 2 is 2.00 bits per heavy atom. The SMILES string of the molecule is CNc1nc(C)cc(Nc2ccc(Cl)cc2I)n1. The summed E-state index contributed by atoms with van der Waals surface area (Å²) in [5, 5.41) is 6.91. The van der Waals surface area contributed by atoms with E-state index < -0.39 is 0 Å². The summed E-state index contributed by atoms with van der Waals surface area (Å²) in [5.74, 6) is 1.36. The second kappa shape index (κ2) is 5.71. The first-order valence-electron chi connectivity index (χ1n) is 5.34. The Hall–Kier alpha value is -1.08. The molecule has 0 radical (unpaired) electrons. The van der Waals surface area contributed by atoms with Gasteiger partial charge in [0.2, 0.25) is 5.95 Å². The van der Waals surface area contributed by atoms with Crippen molar-refractivity contribution in [3.8, 4) is 0 Å². The van der Waals surface area contributed by atoms with Crippen LogP contribution in [0.2, 0.25) is 5.02 Å². The average molecular weight is 375 g/mol. The lowest BCUT2D eigenvalue weighted by atomic mass is 10.3. The molecular formula is C12H12ClIN4. The molecule has 0 spiro atoms. The van der Waals surface area contributed by atoms with Crippen molar-refractivity contribution in [1.29, 1.82) is 0 Å². The fraction of sp³-hybridized carbons (Fsp3) is 0.167. The van der Waals surface area contributed by atoms with Crippen molar-refractivity contribution in [1.82, 2.24) is 9.97 Å². The van der Waals surface area contributed by atoms with Gasteiger partial charge in [-0.2, -0.15) is 4.98 Å². The topological polar surface area (TPSA) is 49.8 Å². The minimum absolute atomic E-state index is 0.599. The summed E-state index contributed by atoms with van der Waals surface area (Å²) in [6.07, 6.45) is 0. The summed E-state index contributed by atoms with van der Waals surface area (Å²) in [7, 11) is 1.80. The third kappa shape index (κ3) is 3.23. The van der Waals surface area contributed by atoms with Gasteiger partial charge in [-0.3, -0.25) is 0 Å². The molecule has 2 aromatic rings. The van der Waals surface area contributed by atoms with Crippen LogP contribution in [0.4, 0.5) is 17.5 Å². The third-order valence-electron chi connectivity index (χ3n) is 2.27. The summed E-state index contributed by atoms with van der Waals surface area (Å²) in [6, 6.07) is 7.57. The number of hydrogen-bond donors (Lipinski definition) is 2. The van der Waals surface area contributed by atoms with Gasteiger partial charge in [0.25, 0.3) is 0 Å². The van der Waals surface area contributed by atoms with Gasteiger partial charge in [-0.1, -0.05) is 11.6 Å². The van der Waals surface area contributed by atoms with E-state index in [-0.39, 0.29) is 0 Å². The zero-order chi connectivity index (χ0) is 13.1. The van der Waals surface area contributed by atoms with Gasteiger partial charge in [-0.05, 0) is 47.7 Å². The van der Waals surface area contributed by atoms with Crippen LogP contribution in [0.25, 0.3) is 0 Å². The minimum Gasteiger partial charge on any atom is -0.357 e. The van der Waals surface area contributed by atoms with Gasteiger partial charge >= 0.3 is 0 Å². The average Bonchev–Trinajstić information content (AvgIpc) is 2.32. The van der Waals surface area contributed by atoms with E-state index in [4.69, 9.17) is 11.6 Å². The van der Waals surface area contributed by atoms with Crippen molar-refractivity contribution in [2.45, 2.75) is 6.92 Å². The zero-order valence-corrected chi connectivity index (χ0v) is 12.9. The van der Waals surface area contributed by atoms with E-state index >= 15 is 0 Å². The molecule has 0 bridgehead atoms. The Labute approximate surface area is 124 Å². The van der Waals surface area contributed by atoms with Gasteiger partial charge in [-0.15, -0.1) is 0 Å². The van der Waals surface area contributed by atoms with Crippen molar-refractivity contribution in [3.63, 3.8) is 0 Å². The predicted molar refractivity (Wildman–Crippen MR) is 83.8 cm³/mol. The summed E-state index contributed by atoms with van der Waals surface area (Å²) in [4.78, 5) is 8.59. The third-order valence-corrected chi connectivity index (χ3v) is 3.40. The zero-order valence-electron chi connectivity index (χ0n) is 9.96. The predicted octanol–water partition coefficient (Wildman–Crippen LogP) is 3.83. The lowest BCUT2D eigenvalue weighted by Crippen LogP contribution is -2.02. The van der Waals surface area contributed by atoms with E-state index in [1.165, 1.54) is 0 Å². The van der Waals surface area contributed by atoms with Gasteiger partial charge in [0.05, 0.1) is 5.69 Å². The van der Waals surface area contributed by atoms with Crippen LogP contribution in [0.3, 0.4) is 0 Å². The summed E-state index contributed by atoms with van der Waals surface area (Å²) >= 11 is 8.16. The molecule has 0 saturated heterocycles. The fourth-order valence-corrected chi connectivity index (χ4v) is 2.48. The molecule has 0 unspecified atom stereocenters. The number of nitrogens with one attached hydrogen (secondary N) is 2. The lowest BCUT2D eigenvalue weighted by Gasteiger charge is -2.10. The number of aryl methyl sites for hydroxylation is 1. The Bertz CT molecular complexity index is 574. The summed E-state index contributed by atoms with van der Waals surface area (Å²) in [5.41, 5.74) is 1.88. The highest BCUT2D eigenvalue weighted by molar-refractivity contribution is 14.1. The molecule has 2 N–H and O–H groups in total. The fourth-order valence-electron chi connectivity index (χ4n) is 1.47. The standard InChI is InChI=1S/C12H12ClIN4/c1-7-5-11(18-12(15-2)16-7)17-10-4-3-8(13)6-9(10)14/h3-6H,1-2H3,(H2,15,16,17,18). The molecule has 6 heteroatoms. The monoisotopic (exact) mass is 374 g/mol. The van der Waals surface area contributed by atoms with Crippen LogP contribution >= 0.6 is 34.2 Å². The van der Waals surface area contributed by atoms with E-state index in [0.29, 0.717) is 5.95 Å². The first kappa shape index (κ1) is 13.4. The molecule has 1 aromatic heterocycles. The van der Waals surface area contributed by atoms with E-state index in [2.05, 4.69) is 43.2 Å². The Kier molecular flexibility index (Phi) is 4.23. The van der Waals surface area contributed by atoms with Crippen LogP contribution in [0.15, 0.2) is 24.3 Å². The summed E-state index contributed by atoms with van der Waals surface area (Å²) in [6.45, 7) is 1.93. The van der Waals surface area contributed by atoms with Gasteiger partial charge in [0.15, 0.2) is 0 Å². The highest BCUT2D eigenvalue weighted by atomic mass is 127. The number of nitrogens with zero attached hydrogens (tertiary/aromatic N) is 2. The normalized spacial score (nSPS) is 10.2. The van der Waals surface area contributed by atoms with Gasteiger partial charge in [0.1, 0.15) is 5.82 Å². The quantitative estimate of drug-likeness (QED) is 0.802. The molecule has 1 aromatic carbocycles. The van der Waals surface area contributed by atoms with Crippen molar-refractivity contribution < 1.29 is 0 Å². The second-order valence-corrected chi connectivity index (χ2v) is 5.32. The molecule has 0 aliphatic heterocycles. The van der Waals surface area contributed by atoms with E-state index in [9.17, 15) is 0 Å². The molecule has 4 nitrogen and oxygen atoms in total. The molecular weight excluding hydrogens is 363 g/mol. The van der Waals surface area contributed by atoms with Crippen LogP contribution in [0, 0.1) is 10.5 Å². The number of rotatable bonds is 3. The lowest BCUT2D eigenvalue weighted by molar-refractivity contribution is 1.10. The number of anilines is 3. The van der Waals surface area contributed by atoms with Crippen LogP contribution < -0.4 is 10.6 Å². The maximum atomic E-state index is 5.92. The van der Waals surface area contributed by atoms with E-state index in [1.54, 1.807) is 7.05 Å². The van der Waals surface area contributed by atoms with Crippen LogP contribution in [0.1, 0.15) is 5.69 Å². The number of aromatic nitrogens is 2. The van der Waals surface area contributed by atoms with Crippen molar-refractivity contribution in [2.75, 3.05) is 17.7 Å². The molecule has 0 fully saturated rings. The largest absolute Gasteiger partial charge is 0.357 e. The van der Waals surface area contributed by atoms with Crippen molar-refractivity contribution >= 4 is 51.6 Å². The Morgan fingerprint density at radius 3 is 2.67 bits per heavy atom. The van der Waals surface area contributed by atoms with Crippen LogP contribution in [-0.4, -0.2) is 17.0 Å². The molecule has 1 heterocycles. The molecule has 0 atom stereocenters. The van der Waals surface area contributed by atoms with E-state index in [0.717, 1.165) is 25.8 Å².